The molecule has 0 amide bonds. The number of hydrogen-bond acceptors (Lipinski definition) is 3. The third-order valence-corrected chi connectivity index (χ3v) is 2.02. The topological polar surface area (TPSA) is 81.1 Å². The minimum absolute atomic E-state index is 0. The Labute approximate surface area is 115 Å². The van der Waals surface area contributed by atoms with Gasteiger partial charge in [0.05, 0.1) is 0 Å². The SMILES string of the molecule is CN(CC(=O)O)C(=S)N(C)CC(=O)O.[NaH]. The second-order valence-electron chi connectivity index (χ2n) is 2.78. The molecule has 0 aliphatic carbocycles. The number of nitrogens with zero attached hydrogens (tertiary/aromatic N) is 2. The van der Waals surface area contributed by atoms with Crippen molar-refractivity contribution in [2.24, 2.45) is 0 Å². The standard InChI is InChI=1S/C7H12N2O4S.Na.H/c1-8(3-5(10)11)7(14)9(2)4-6(12)13;;/h3-4H2,1-2H3,(H,10,11)(H,12,13);;. The third kappa shape index (κ3) is 7.55. The number of thiocarbonyl (C=S) groups is 1. The molecule has 0 radical (unpaired) electrons. The Kier molecular flexibility index (Phi) is 8.93. The zero-order valence-electron chi connectivity index (χ0n) is 7.93. The molecule has 0 saturated carbocycles. The van der Waals surface area contributed by atoms with E-state index in [1.165, 1.54) is 23.9 Å². The predicted octanol–water partition coefficient (Wildman–Crippen LogP) is -1.34. The maximum atomic E-state index is 10.3. The summed E-state index contributed by atoms with van der Waals surface area (Å²) in [7, 11) is 2.99. The van der Waals surface area contributed by atoms with Gasteiger partial charge in [0.25, 0.3) is 0 Å². The van der Waals surface area contributed by atoms with Crippen LogP contribution < -0.4 is 0 Å². The van der Waals surface area contributed by atoms with E-state index in [1.54, 1.807) is 0 Å². The maximum absolute atomic E-state index is 10.3. The molecule has 0 spiro atoms. The molecule has 8 heteroatoms. The van der Waals surface area contributed by atoms with Crippen molar-refractivity contribution in [2.75, 3.05) is 27.2 Å². The van der Waals surface area contributed by atoms with Crippen LogP contribution in [0, 0.1) is 0 Å². The van der Waals surface area contributed by atoms with Gasteiger partial charge in [-0.2, -0.15) is 0 Å². The summed E-state index contributed by atoms with van der Waals surface area (Å²) >= 11 is 4.86. The van der Waals surface area contributed by atoms with Crippen molar-refractivity contribution in [1.29, 1.82) is 0 Å². The van der Waals surface area contributed by atoms with Crippen molar-refractivity contribution in [2.45, 2.75) is 0 Å². The number of rotatable bonds is 4. The Bertz CT molecular complexity index is 237. The first-order chi connectivity index (χ1) is 6.34. The van der Waals surface area contributed by atoms with Crippen molar-refractivity contribution < 1.29 is 19.8 Å². The monoisotopic (exact) mass is 244 g/mol. The summed E-state index contributed by atoms with van der Waals surface area (Å²) in [6.45, 7) is -0.494. The number of carboxylic acid groups (broad SMARTS) is 2. The fraction of sp³-hybridized carbons (Fsp3) is 0.571. The summed E-state index contributed by atoms with van der Waals surface area (Å²) in [6, 6.07) is 0. The van der Waals surface area contributed by atoms with E-state index >= 15 is 0 Å². The van der Waals surface area contributed by atoms with E-state index in [9.17, 15) is 9.59 Å². The van der Waals surface area contributed by atoms with Crippen molar-refractivity contribution in [1.82, 2.24) is 9.80 Å². The van der Waals surface area contributed by atoms with Gasteiger partial charge in [-0.25, -0.2) is 0 Å². The molecular formula is C7H13N2NaO4S. The van der Waals surface area contributed by atoms with Gasteiger partial charge < -0.3 is 20.0 Å². The van der Waals surface area contributed by atoms with Crippen LogP contribution in [0.25, 0.3) is 0 Å². The fourth-order valence-corrected chi connectivity index (χ4v) is 0.962. The molecule has 0 saturated heterocycles. The van der Waals surface area contributed by atoms with Crippen LogP contribution in [0.15, 0.2) is 0 Å². The molecule has 82 valence electrons. The van der Waals surface area contributed by atoms with Gasteiger partial charge in [0, 0.05) is 14.1 Å². The average Bonchev–Trinajstić information content (AvgIpc) is 2.00. The molecule has 6 nitrogen and oxygen atoms in total. The average molecular weight is 244 g/mol. The van der Waals surface area contributed by atoms with Crippen molar-refractivity contribution >= 4 is 58.8 Å². The van der Waals surface area contributed by atoms with E-state index in [2.05, 4.69) is 0 Å². The van der Waals surface area contributed by atoms with Crippen LogP contribution in [-0.2, 0) is 9.59 Å². The van der Waals surface area contributed by atoms with Gasteiger partial charge in [0.1, 0.15) is 13.1 Å². The molecule has 0 aliphatic rings. The molecule has 0 aliphatic heterocycles. The Hall–Kier alpha value is -0.370. The Morgan fingerprint density at radius 2 is 1.33 bits per heavy atom. The van der Waals surface area contributed by atoms with Crippen LogP contribution in [0.3, 0.4) is 0 Å². The van der Waals surface area contributed by atoms with Gasteiger partial charge in [-0.05, 0) is 12.2 Å². The fourth-order valence-electron chi connectivity index (χ4n) is 0.832. The molecular weight excluding hydrogens is 231 g/mol. The van der Waals surface area contributed by atoms with Gasteiger partial charge in [-0.3, -0.25) is 9.59 Å². The molecule has 0 atom stereocenters. The summed E-state index contributed by atoms with van der Waals surface area (Å²) in [5, 5.41) is 17.1. The first-order valence-electron chi connectivity index (χ1n) is 3.74. The van der Waals surface area contributed by atoms with Crippen LogP contribution in [0.2, 0.25) is 0 Å². The van der Waals surface area contributed by atoms with Crippen molar-refractivity contribution in [3.63, 3.8) is 0 Å². The number of aliphatic carboxylic acids is 2. The zero-order valence-corrected chi connectivity index (χ0v) is 8.74. The van der Waals surface area contributed by atoms with Crippen LogP contribution in [-0.4, -0.2) is 93.8 Å². The molecule has 0 unspecified atom stereocenters. The number of carbonyl (C=O) groups is 2. The predicted molar refractivity (Wildman–Crippen MR) is 60.3 cm³/mol. The van der Waals surface area contributed by atoms with Crippen molar-refractivity contribution in [3.05, 3.63) is 0 Å². The second kappa shape index (κ2) is 7.86. The first kappa shape index (κ1) is 17.0. The molecule has 0 fully saturated rings. The van der Waals surface area contributed by atoms with Gasteiger partial charge >= 0.3 is 41.5 Å². The second-order valence-corrected chi connectivity index (χ2v) is 3.15. The summed E-state index contributed by atoms with van der Waals surface area (Å²) in [5.74, 6) is -2.03. The van der Waals surface area contributed by atoms with E-state index < -0.39 is 11.9 Å². The molecule has 0 aromatic rings. The van der Waals surface area contributed by atoms with Crippen LogP contribution >= 0.6 is 12.2 Å². The van der Waals surface area contributed by atoms with Crippen molar-refractivity contribution in [3.8, 4) is 0 Å². The first-order valence-corrected chi connectivity index (χ1v) is 4.15. The number of hydrogen-bond donors (Lipinski definition) is 2. The minimum atomic E-state index is -1.02. The Morgan fingerprint density at radius 3 is 1.53 bits per heavy atom. The zero-order chi connectivity index (χ0) is 11.3. The Balaban J connectivity index is 0. The molecule has 15 heavy (non-hydrogen) atoms. The Morgan fingerprint density at radius 1 is 1.07 bits per heavy atom. The molecule has 0 rings (SSSR count). The summed E-state index contributed by atoms with van der Waals surface area (Å²) < 4.78 is 0. The molecule has 0 aromatic heterocycles. The van der Waals surface area contributed by atoms with Gasteiger partial charge in [-0.15, -0.1) is 0 Å². The molecule has 2 N–H and O–H groups in total. The normalized spacial score (nSPS) is 8.67. The van der Waals surface area contributed by atoms with Crippen LogP contribution in [0.4, 0.5) is 0 Å². The third-order valence-electron chi connectivity index (χ3n) is 1.40. The number of carboxylic acids is 2. The van der Waals surface area contributed by atoms with E-state index in [-0.39, 0.29) is 47.8 Å². The van der Waals surface area contributed by atoms with E-state index in [0.29, 0.717) is 0 Å². The summed E-state index contributed by atoms with van der Waals surface area (Å²) in [4.78, 5) is 23.2. The number of likely N-dealkylation sites (N-methyl/N-ethyl adjacent to an activating group) is 2. The van der Waals surface area contributed by atoms with E-state index in [0.717, 1.165) is 0 Å². The summed E-state index contributed by atoms with van der Waals surface area (Å²) in [5.41, 5.74) is 0. The van der Waals surface area contributed by atoms with Crippen LogP contribution in [0.5, 0.6) is 0 Å². The van der Waals surface area contributed by atoms with E-state index in [4.69, 9.17) is 22.4 Å². The molecule has 0 bridgehead atoms. The molecule has 0 heterocycles. The van der Waals surface area contributed by atoms with Gasteiger partial charge in [0.15, 0.2) is 5.11 Å². The van der Waals surface area contributed by atoms with E-state index in [1.807, 2.05) is 0 Å². The van der Waals surface area contributed by atoms with Gasteiger partial charge in [0.2, 0.25) is 0 Å². The molecule has 0 aromatic carbocycles. The summed E-state index contributed by atoms with van der Waals surface area (Å²) in [6.07, 6.45) is 0. The van der Waals surface area contributed by atoms with Gasteiger partial charge in [-0.1, -0.05) is 0 Å². The van der Waals surface area contributed by atoms with Crippen LogP contribution in [0.1, 0.15) is 0 Å². The quantitative estimate of drug-likeness (QED) is 0.467.